The van der Waals surface area contributed by atoms with Crippen molar-refractivity contribution in [3.05, 3.63) is 22.7 Å². The highest BCUT2D eigenvalue weighted by Crippen LogP contribution is 2.33. The fraction of sp³-hybridized carbons (Fsp3) is 0.600. The fourth-order valence-corrected chi connectivity index (χ4v) is 2.80. The molecule has 5 heteroatoms. The van der Waals surface area contributed by atoms with Crippen LogP contribution in [0.3, 0.4) is 0 Å². The number of benzene rings is 1. The Hall–Kier alpha value is -0.970. The van der Waals surface area contributed by atoms with Crippen molar-refractivity contribution in [2.75, 3.05) is 34.0 Å². The quantitative estimate of drug-likeness (QED) is 0.836. The maximum Gasteiger partial charge on any atom is 0.141 e. The largest absolute Gasteiger partial charge is 0.496 e. The third-order valence-corrected chi connectivity index (χ3v) is 4.04. The van der Waals surface area contributed by atoms with E-state index in [4.69, 9.17) is 25.8 Å². The molecular formula is C15H22ClNO3. The average molecular weight is 300 g/mol. The van der Waals surface area contributed by atoms with Gasteiger partial charge < -0.3 is 14.2 Å². The number of halogens is 1. The second kappa shape index (κ2) is 7.16. The first-order valence-corrected chi connectivity index (χ1v) is 7.29. The van der Waals surface area contributed by atoms with Gasteiger partial charge in [-0.05, 0) is 12.5 Å². The number of nitrogens with zero attached hydrogens (tertiary/aromatic N) is 1. The number of hydrogen-bond acceptors (Lipinski definition) is 4. The predicted octanol–water partition coefficient (Wildman–Crippen LogP) is 2.97. The highest BCUT2D eigenvalue weighted by Gasteiger charge is 2.23. The Kier molecular flexibility index (Phi) is 5.52. The van der Waals surface area contributed by atoms with Gasteiger partial charge in [-0.1, -0.05) is 18.5 Å². The van der Waals surface area contributed by atoms with E-state index in [-0.39, 0.29) is 0 Å². The molecule has 0 amide bonds. The number of morpholine rings is 1. The highest BCUT2D eigenvalue weighted by atomic mass is 35.5. The molecule has 2 rings (SSSR count). The van der Waals surface area contributed by atoms with Gasteiger partial charge in [-0.15, -0.1) is 0 Å². The number of methoxy groups -OCH3 is 2. The van der Waals surface area contributed by atoms with Crippen LogP contribution in [0.15, 0.2) is 12.1 Å². The molecule has 1 aromatic rings. The standard InChI is InChI=1S/C15H22ClNO3/c1-4-12-10-20-6-5-17(12)9-11-7-13(16)15(19-3)8-14(11)18-2/h7-8,12H,4-6,9-10H2,1-3H3/t12-/m0/s1. The molecule has 1 aliphatic rings. The van der Waals surface area contributed by atoms with Crippen LogP contribution in [0, 0.1) is 0 Å². The summed E-state index contributed by atoms with van der Waals surface area (Å²) in [5, 5.41) is 0.615. The van der Waals surface area contributed by atoms with Crippen LogP contribution in [-0.4, -0.2) is 44.9 Å². The van der Waals surface area contributed by atoms with E-state index in [1.807, 2.05) is 12.1 Å². The first-order chi connectivity index (χ1) is 9.69. The molecule has 1 aliphatic heterocycles. The molecule has 0 N–H and O–H groups in total. The molecule has 0 saturated carbocycles. The van der Waals surface area contributed by atoms with Gasteiger partial charge in [0.1, 0.15) is 11.5 Å². The summed E-state index contributed by atoms with van der Waals surface area (Å²) >= 11 is 6.22. The van der Waals surface area contributed by atoms with Crippen LogP contribution in [0.1, 0.15) is 18.9 Å². The van der Waals surface area contributed by atoms with Crippen LogP contribution in [0.2, 0.25) is 5.02 Å². The summed E-state index contributed by atoms with van der Waals surface area (Å²) in [7, 11) is 3.28. The van der Waals surface area contributed by atoms with E-state index in [2.05, 4.69) is 11.8 Å². The monoisotopic (exact) mass is 299 g/mol. The summed E-state index contributed by atoms with van der Waals surface area (Å²) in [6.45, 7) is 5.51. The van der Waals surface area contributed by atoms with Gasteiger partial charge in [0.15, 0.2) is 0 Å². The molecule has 0 spiro atoms. The smallest absolute Gasteiger partial charge is 0.141 e. The first kappa shape index (κ1) is 15.4. The normalized spacial score (nSPS) is 19.9. The van der Waals surface area contributed by atoms with E-state index in [0.29, 0.717) is 16.8 Å². The van der Waals surface area contributed by atoms with Crippen molar-refractivity contribution in [3.63, 3.8) is 0 Å². The van der Waals surface area contributed by atoms with Gasteiger partial charge in [0.2, 0.25) is 0 Å². The van der Waals surface area contributed by atoms with Crippen molar-refractivity contribution in [3.8, 4) is 11.5 Å². The van der Waals surface area contributed by atoms with E-state index in [9.17, 15) is 0 Å². The van der Waals surface area contributed by atoms with Gasteiger partial charge in [0, 0.05) is 30.8 Å². The summed E-state index contributed by atoms with van der Waals surface area (Å²) in [4.78, 5) is 2.42. The van der Waals surface area contributed by atoms with Gasteiger partial charge >= 0.3 is 0 Å². The zero-order valence-corrected chi connectivity index (χ0v) is 13.1. The van der Waals surface area contributed by atoms with Crippen molar-refractivity contribution in [1.29, 1.82) is 0 Å². The van der Waals surface area contributed by atoms with Crippen LogP contribution in [0.4, 0.5) is 0 Å². The zero-order valence-electron chi connectivity index (χ0n) is 12.3. The van der Waals surface area contributed by atoms with Gasteiger partial charge in [-0.2, -0.15) is 0 Å². The molecule has 0 radical (unpaired) electrons. The molecule has 1 fully saturated rings. The molecule has 0 aromatic heterocycles. The topological polar surface area (TPSA) is 30.9 Å². The van der Waals surface area contributed by atoms with E-state index in [1.165, 1.54) is 0 Å². The Morgan fingerprint density at radius 2 is 2.05 bits per heavy atom. The van der Waals surface area contributed by atoms with Crippen molar-refractivity contribution in [2.24, 2.45) is 0 Å². The summed E-state index contributed by atoms with van der Waals surface area (Å²) in [5.41, 5.74) is 1.08. The molecule has 1 saturated heterocycles. The molecule has 1 heterocycles. The molecule has 4 nitrogen and oxygen atoms in total. The van der Waals surface area contributed by atoms with Crippen molar-refractivity contribution >= 4 is 11.6 Å². The van der Waals surface area contributed by atoms with Crippen LogP contribution in [-0.2, 0) is 11.3 Å². The van der Waals surface area contributed by atoms with Crippen LogP contribution in [0.5, 0.6) is 11.5 Å². The molecule has 1 aromatic carbocycles. The molecule has 20 heavy (non-hydrogen) atoms. The van der Waals surface area contributed by atoms with Crippen LogP contribution in [0.25, 0.3) is 0 Å². The number of rotatable bonds is 5. The maximum atomic E-state index is 6.22. The first-order valence-electron chi connectivity index (χ1n) is 6.91. The average Bonchev–Trinajstić information content (AvgIpc) is 2.48. The highest BCUT2D eigenvalue weighted by molar-refractivity contribution is 6.32. The molecular weight excluding hydrogens is 278 g/mol. The minimum Gasteiger partial charge on any atom is -0.496 e. The Morgan fingerprint density at radius 1 is 1.30 bits per heavy atom. The summed E-state index contributed by atoms with van der Waals surface area (Å²) in [6, 6.07) is 4.23. The van der Waals surface area contributed by atoms with Crippen LogP contribution < -0.4 is 9.47 Å². The molecule has 1 atom stereocenters. The summed E-state index contributed by atoms with van der Waals surface area (Å²) < 4.78 is 16.2. The number of ether oxygens (including phenoxy) is 3. The van der Waals surface area contributed by atoms with Crippen molar-refractivity contribution in [1.82, 2.24) is 4.90 Å². The van der Waals surface area contributed by atoms with Crippen LogP contribution >= 0.6 is 11.6 Å². The lowest BCUT2D eigenvalue weighted by molar-refractivity contribution is -0.0129. The molecule has 112 valence electrons. The van der Waals surface area contributed by atoms with E-state index >= 15 is 0 Å². The second-order valence-corrected chi connectivity index (χ2v) is 5.31. The van der Waals surface area contributed by atoms with Crippen molar-refractivity contribution < 1.29 is 14.2 Å². The summed E-state index contributed by atoms with van der Waals surface area (Å²) in [6.07, 6.45) is 1.08. The minimum atomic E-state index is 0.453. The summed E-state index contributed by atoms with van der Waals surface area (Å²) in [5.74, 6) is 1.45. The van der Waals surface area contributed by atoms with Gasteiger partial charge in [0.05, 0.1) is 32.5 Å². The molecule has 0 bridgehead atoms. The fourth-order valence-electron chi connectivity index (χ4n) is 2.54. The van der Waals surface area contributed by atoms with E-state index in [0.717, 1.165) is 44.0 Å². The SMILES string of the molecule is CC[C@H]1COCCN1Cc1cc(Cl)c(OC)cc1OC. The van der Waals surface area contributed by atoms with Gasteiger partial charge in [-0.3, -0.25) is 4.90 Å². The molecule has 0 aliphatic carbocycles. The minimum absolute atomic E-state index is 0.453. The van der Waals surface area contributed by atoms with Crippen molar-refractivity contribution in [2.45, 2.75) is 25.9 Å². The lowest BCUT2D eigenvalue weighted by Gasteiger charge is -2.35. The van der Waals surface area contributed by atoms with Gasteiger partial charge in [0.25, 0.3) is 0 Å². The second-order valence-electron chi connectivity index (χ2n) is 4.91. The lowest BCUT2D eigenvalue weighted by Crippen LogP contribution is -2.44. The Morgan fingerprint density at radius 3 is 2.70 bits per heavy atom. The Labute approximate surface area is 125 Å². The Balaban J connectivity index is 2.21. The molecule has 0 unspecified atom stereocenters. The van der Waals surface area contributed by atoms with E-state index in [1.54, 1.807) is 14.2 Å². The van der Waals surface area contributed by atoms with E-state index < -0.39 is 0 Å². The Bertz CT molecular complexity index is 453. The zero-order chi connectivity index (χ0) is 14.5. The third-order valence-electron chi connectivity index (χ3n) is 3.75. The third kappa shape index (κ3) is 3.37. The van der Waals surface area contributed by atoms with Gasteiger partial charge in [-0.25, -0.2) is 0 Å². The number of hydrogen-bond donors (Lipinski definition) is 0. The lowest BCUT2D eigenvalue weighted by atomic mass is 10.1. The predicted molar refractivity (Wildman–Crippen MR) is 79.9 cm³/mol. The maximum absolute atomic E-state index is 6.22.